The molecule has 0 spiro atoms. The van der Waals surface area contributed by atoms with Gasteiger partial charge in [0.2, 0.25) is 5.91 Å². The summed E-state index contributed by atoms with van der Waals surface area (Å²) in [5, 5.41) is 0. The van der Waals surface area contributed by atoms with E-state index in [1.807, 2.05) is 90.8 Å². The fourth-order valence-corrected chi connectivity index (χ4v) is 4.92. The smallest absolute Gasteiger partial charge is 0.254 e. The molecule has 2 amide bonds. The molecule has 33 heavy (non-hydrogen) atoms. The molecule has 3 aromatic rings. The molecular formula is C28H28N2O3. The molecule has 1 saturated carbocycles. The Hall–Kier alpha value is -3.60. The number of benzene rings is 3. The average Bonchev–Trinajstić information content (AvgIpc) is 3.69. The number of carbonyl (C=O) groups excluding carboxylic acids is 2. The number of nitrogens with zero attached hydrogens (tertiary/aromatic N) is 2. The molecule has 2 unspecified atom stereocenters. The maximum absolute atomic E-state index is 14.1. The zero-order valence-electron chi connectivity index (χ0n) is 19.0. The highest BCUT2D eigenvalue weighted by Crippen LogP contribution is 2.48. The lowest BCUT2D eigenvalue weighted by Crippen LogP contribution is -2.48. The van der Waals surface area contributed by atoms with Gasteiger partial charge in [-0.25, -0.2) is 0 Å². The van der Waals surface area contributed by atoms with Gasteiger partial charge in [0.15, 0.2) is 0 Å². The second-order valence-corrected chi connectivity index (χ2v) is 8.91. The van der Waals surface area contributed by atoms with Crippen LogP contribution in [-0.2, 0) is 11.3 Å². The van der Waals surface area contributed by atoms with Gasteiger partial charge in [0.25, 0.3) is 5.91 Å². The molecule has 5 heteroatoms. The van der Waals surface area contributed by atoms with E-state index in [4.69, 9.17) is 4.74 Å². The Bertz CT molecular complexity index is 1170. The molecule has 1 fully saturated rings. The molecule has 0 N–H and O–H groups in total. The largest absolute Gasteiger partial charge is 0.497 e. The van der Waals surface area contributed by atoms with Gasteiger partial charge in [-0.2, -0.15) is 0 Å². The highest BCUT2D eigenvalue weighted by molar-refractivity contribution is 6.01. The standard InChI is InChI=1S/C28H28N2O3/c1-29(18-19-9-4-3-5-10-19)28(32)25-23-13-6-7-14-24(23)27(31)30(21-15-16-21)26(25)20-11-8-12-22(17-20)33-2/h3-14,17,21,25-26H,15-16,18H2,1-2H3. The van der Waals surface area contributed by atoms with Gasteiger partial charge < -0.3 is 14.5 Å². The summed E-state index contributed by atoms with van der Waals surface area (Å²) in [5.74, 6) is 0.256. The normalized spacial score (nSPS) is 19.7. The monoisotopic (exact) mass is 440 g/mol. The molecule has 1 aliphatic carbocycles. The van der Waals surface area contributed by atoms with Crippen LogP contribution in [0.5, 0.6) is 5.75 Å². The molecule has 3 aromatic carbocycles. The third kappa shape index (κ3) is 3.99. The first-order valence-corrected chi connectivity index (χ1v) is 11.4. The molecule has 5 rings (SSSR count). The number of hydrogen-bond acceptors (Lipinski definition) is 3. The van der Waals surface area contributed by atoms with E-state index in [0.29, 0.717) is 12.1 Å². The number of carbonyl (C=O) groups is 2. The predicted octanol–water partition coefficient (Wildman–Crippen LogP) is 4.80. The van der Waals surface area contributed by atoms with Gasteiger partial charge in [0, 0.05) is 25.2 Å². The van der Waals surface area contributed by atoms with Gasteiger partial charge in [-0.1, -0.05) is 60.7 Å². The summed E-state index contributed by atoms with van der Waals surface area (Å²) >= 11 is 0. The summed E-state index contributed by atoms with van der Waals surface area (Å²) in [7, 11) is 3.48. The fourth-order valence-electron chi connectivity index (χ4n) is 4.92. The van der Waals surface area contributed by atoms with Crippen LogP contribution < -0.4 is 4.74 Å². The molecule has 0 aromatic heterocycles. The lowest BCUT2D eigenvalue weighted by Gasteiger charge is -2.43. The lowest BCUT2D eigenvalue weighted by molar-refractivity contribution is -0.134. The lowest BCUT2D eigenvalue weighted by atomic mass is 9.78. The molecule has 0 bridgehead atoms. The number of ether oxygens (including phenoxy) is 1. The van der Waals surface area contributed by atoms with E-state index < -0.39 is 5.92 Å². The third-order valence-corrected chi connectivity index (χ3v) is 6.66. The molecule has 1 heterocycles. The summed E-state index contributed by atoms with van der Waals surface area (Å²) in [6.07, 6.45) is 1.93. The van der Waals surface area contributed by atoms with Crippen LogP contribution in [0.1, 0.15) is 51.8 Å². The fraction of sp³-hybridized carbons (Fsp3) is 0.286. The summed E-state index contributed by atoms with van der Waals surface area (Å²) < 4.78 is 5.48. The Labute approximate surface area is 194 Å². The average molecular weight is 441 g/mol. The Kier molecular flexibility index (Phi) is 5.63. The minimum atomic E-state index is -0.486. The van der Waals surface area contributed by atoms with E-state index in [0.717, 1.165) is 35.3 Å². The SMILES string of the molecule is COc1cccc(C2C(C(=O)N(C)Cc3ccccc3)c3ccccc3C(=O)N2C2CC2)c1. The number of rotatable bonds is 6. The van der Waals surface area contributed by atoms with Crippen molar-refractivity contribution in [1.82, 2.24) is 9.80 Å². The van der Waals surface area contributed by atoms with E-state index in [1.165, 1.54) is 0 Å². The number of methoxy groups -OCH3 is 1. The molecule has 2 aliphatic rings. The van der Waals surface area contributed by atoms with Crippen molar-refractivity contribution in [2.24, 2.45) is 0 Å². The number of likely N-dealkylation sites (N-methyl/N-ethyl adjacent to an activating group) is 1. The molecule has 0 saturated heterocycles. The van der Waals surface area contributed by atoms with Crippen molar-refractivity contribution in [3.63, 3.8) is 0 Å². The Morgan fingerprint density at radius 3 is 2.45 bits per heavy atom. The first-order valence-electron chi connectivity index (χ1n) is 11.4. The first kappa shape index (κ1) is 21.3. The number of fused-ring (bicyclic) bond motifs is 1. The van der Waals surface area contributed by atoms with Gasteiger partial charge >= 0.3 is 0 Å². The van der Waals surface area contributed by atoms with Gasteiger partial charge in [0.1, 0.15) is 5.75 Å². The van der Waals surface area contributed by atoms with E-state index in [9.17, 15) is 9.59 Å². The first-order chi connectivity index (χ1) is 16.1. The van der Waals surface area contributed by atoms with Crippen LogP contribution in [-0.4, -0.2) is 41.8 Å². The Morgan fingerprint density at radius 2 is 1.73 bits per heavy atom. The van der Waals surface area contributed by atoms with Crippen molar-refractivity contribution >= 4 is 11.8 Å². The van der Waals surface area contributed by atoms with Gasteiger partial charge in [-0.05, 0) is 47.7 Å². The molecule has 0 radical (unpaired) electrons. The van der Waals surface area contributed by atoms with Gasteiger partial charge in [-0.15, -0.1) is 0 Å². The summed E-state index contributed by atoms with van der Waals surface area (Å²) in [5.41, 5.74) is 3.44. The van der Waals surface area contributed by atoms with E-state index in [-0.39, 0.29) is 23.9 Å². The maximum atomic E-state index is 14.1. The minimum absolute atomic E-state index is 0.00989. The Balaban J connectivity index is 1.61. The van der Waals surface area contributed by atoms with Gasteiger partial charge in [-0.3, -0.25) is 9.59 Å². The van der Waals surface area contributed by atoms with E-state index >= 15 is 0 Å². The van der Waals surface area contributed by atoms with Crippen LogP contribution in [0.4, 0.5) is 0 Å². The van der Waals surface area contributed by atoms with Crippen molar-refractivity contribution in [3.8, 4) is 5.75 Å². The van der Waals surface area contributed by atoms with Crippen LogP contribution in [0.25, 0.3) is 0 Å². The number of amides is 2. The van der Waals surface area contributed by atoms with Crippen molar-refractivity contribution in [2.45, 2.75) is 37.4 Å². The highest BCUT2D eigenvalue weighted by Gasteiger charge is 2.49. The summed E-state index contributed by atoms with van der Waals surface area (Å²) in [4.78, 5) is 31.4. The van der Waals surface area contributed by atoms with Crippen LogP contribution >= 0.6 is 0 Å². The molecule has 1 aliphatic heterocycles. The highest BCUT2D eigenvalue weighted by atomic mass is 16.5. The predicted molar refractivity (Wildman–Crippen MR) is 127 cm³/mol. The second kappa shape index (κ2) is 8.74. The molecule has 2 atom stereocenters. The van der Waals surface area contributed by atoms with Crippen molar-refractivity contribution in [3.05, 3.63) is 101 Å². The summed E-state index contributed by atoms with van der Waals surface area (Å²) in [6.45, 7) is 0.514. The van der Waals surface area contributed by atoms with Gasteiger partial charge in [0.05, 0.1) is 19.1 Å². The second-order valence-electron chi connectivity index (χ2n) is 8.91. The zero-order chi connectivity index (χ0) is 22.9. The van der Waals surface area contributed by atoms with Crippen molar-refractivity contribution < 1.29 is 14.3 Å². The van der Waals surface area contributed by atoms with E-state index in [2.05, 4.69) is 0 Å². The summed E-state index contributed by atoms with van der Waals surface area (Å²) in [6, 6.07) is 25.1. The van der Waals surface area contributed by atoms with Crippen molar-refractivity contribution in [1.29, 1.82) is 0 Å². The maximum Gasteiger partial charge on any atom is 0.254 e. The topological polar surface area (TPSA) is 49.9 Å². The van der Waals surface area contributed by atoms with Crippen LogP contribution in [0, 0.1) is 0 Å². The minimum Gasteiger partial charge on any atom is -0.497 e. The quantitative estimate of drug-likeness (QED) is 0.553. The third-order valence-electron chi connectivity index (χ3n) is 6.66. The number of hydrogen-bond donors (Lipinski definition) is 0. The van der Waals surface area contributed by atoms with E-state index in [1.54, 1.807) is 12.0 Å². The van der Waals surface area contributed by atoms with Crippen LogP contribution in [0.3, 0.4) is 0 Å². The zero-order valence-corrected chi connectivity index (χ0v) is 19.0. The van der Waals surface area contributed by atoms with Crippen molar-refractivity contribution in [2.75, 3.05) is 14.2 Å². The van der Waals surface area contributed by atoms with Crippen LogP contribution in [0.15, 0.2) is 78.9 Å². The molecule has 168 valence electrons. The molecule has 5 nitrogen and oxygen atoms in total. The van der Waals surface area contributed by atoms with Crippen LogP contribution in [0.2, 0.25) is 0 Å². The Morgan fingerprint density at radius 1 is 1.00 bits per heavy atom. The molecular weight excluding hydrogens is 412 g/mol.